The Hall–Kier alpha value is -3.24. The number of anilines is 1. The standard InChI is InChI=1S/C29H31ClN4/c1-28(2,3)21-14-19(15-22(16-21)29(4,5)6)18-31-34-27-32-25-13-12-23(30)17-24(25)26(33-27)20-10-8-7-9-11-20/h7-18H,1-6H3,(H,32,33,34)/b31-18+. The Morgan fingerprint density at radius 3 is 2.06 bits per heavy atom. The zero-order chi connectivity index (χ0) is 24.5. The van der Waals surface area contributed by atoms with Gasteiger partial charge in [0.2, 0.25) is 5.95 Å². The summed E-state index contributed by atoms with van der Waals surface area (Å²) in [6, 6.07) is 22.4. The van der Waals surface area contributed by atoms with Crippen molar-refractivity contribution < 1.29 is 0 Å². The van der Waals surface area contributed by atoms with Crippen LogP contribution < -0.4 is 5.43 Å². The van der Waals surface area contributed by atoms with E-state index >= 15 is 0 Å². The van der Waals surface area contributed by atoms with E-state index in [1.807, 2.05) is 54.7 Å². The third-order valence-corrected chi connectivity index (χ3v) is 6.01. The monoisotopic (exact) mass is 470 g/mol. The lowest BCUT2D eigenvalue weighted by Crippen LogP contribution is -2.17. The molecule has 0 aliphatic rings. The fourth-order valence-electron chi connectivity index (χ4n) is 3.72. The Morgan fingerprint density at radius 1 is 0.794 bits per heavy atom. The van der Waals surface area contributed by atoms with Crippen molar-refractivity contribution in [3.8, 4) is 11.3 Å². The molecular formula is C29H31ClN4. The fraction of sp³-hybridized carbons (Fsp3) is 0.276. The van der Waals surface area contributed by atoms with Crippen LogP contribution in [0.3, 0.4) is 0 Å². The molecule has 0 radical (unpaired) electrons. The summed E-state index contributed by atoms with van der Waals surface area (Å²) in [6.07, 6.45) is 1.84. The number of hydrazone groups is 1. The van der Waals surface area contributed by atoms with Crippen LogP contribution in [-0.2, 0) is 10.8 Å². The minimum atomic E-state index is 0.0462. The normalized spacial score (nSPS) is 12.4. The van der Waals surface area contributed by atoms with Gasteiger partial charge in [-0.3, -0.25) is 0 Å². The minimum absolute atomic E-state index is 0.0462. The van der Waals surface area contributed by atoms with E-state index in [9.17, 15) is 0 Å². The van der Waals surface area contributed by atoms with Gasteiger partial charge in [-0.1, -0.05) is 89.5 Å². The first-order chi connectivity index (χ1) is 16.0. The fourth-order valence-corrected chi connectivity index (χ4v) is 3.90. The number of halogens is 1. The van der Waals surface area contributed by atoms with E-state index in [0.717, 1.165) is 27.7 Å². The van der Waals surface area contributed by atoms with Crippen LogP contribution in [0.15, 0.2) is 71.8 Å². The molecule has 4 nitrogen and oxygen atoms in total. The molecule has 3 aromatic carbocycles. The van der Waals surface area contributed by atoms with E-state index in [2.05, 4.69) is 75.3 Å². The molecule has 1 heterocycles. The SMILES string of the molecule is CC(C)(C)c1cc(/C=N/Nc2nc(-c3ccccc3)c3cc(Cl)ccc3n2)cc(C(C)(C)C)c1. The highest BCUT2D eigenvalue weighted by atomic mass is 35.5. The van der Waals surface area contributed by atoms with Crippen LogP contribution in [0.1, 0.15) is 58.2 Å². The van der Waals surface area contributed by atoms with Crippen molar-refractivity contribution in [2.24, 2.45) is 5.10 Å². The summed E-state index contributed by atoms with van der Waals surface area (Å²) in [4.78, 5) is 9.42. The maximum Gasteiger partial charge on any atom is 0.244 e. The quantitative estimate of drug-likeness (QED) is 0.243. The summed E-state index contributed by atoms with van der Waals surface area (Å²) in [6.45, 7) is 13.4. The van der Waals surface area contributed by atoms with Crippen molar-refractivity contribution in [2.75, 3.05) is 5.43 Å². The average Bonchev–Trinajstić information content (AvgIpc) is 2.78. The number of rotatable bonds is 4. The zero-order valence-electron chi connectivity index (χ0n) is 20.6. The van der Waals surface area contributed by atoms with Gasteiger partial charge in [0, 0.05) is 16.0 Å². The molecular weight excluding hydrogens is 440 g/mol. The molecule has 1 N–H and O–H groups in total. The molecule has 0 aliphatic heterocycles. The average molecular weight is 471 g/mol. The van der Waals surface area contributed by atoms with Crippen LogP contribution >= 0.6 is 11.6 Å². The molecule has 34 heavy (non-hydrogen) atoms. The number of nitrogens with one attached hydrogen (secondary N) is 1. The lowest BCUT2D eigenvalue weighted by molar-refractivity contribution is 0.568. The molecule has 0 saturated heterocycles. The van der Waals surface area contributed by atoms with E-state index in [4.69, 9.17) is 16.6 Å². The van der Waals surface area contributed by atoms with Crippen molar-refractivity contribution in [1.82, 2.24) is 9.97 Å². The van der Waals surface area contributed by atoms with E-state index in [1.54, 1.807) is 0 Å². The second-order valence-corrected chi connectivity index (χ2v) is 11.1. The Bertz CT molecular complexity index is 1310. The summed E-state index contributed by atoms with van der Waals surface area (Å²) in [7, 11) is 0. The predicted molar refractivity (Wildman–Crippen MR) is 145 cm³/mol. The lowest BCUT2D eigenvalue weighted by Gasteiger charge is -2.25. The topological polar surface area (TPSA) is 50.2 Å². The van der Waals surface area contributed by atoms with E-state index in [-0.39, 0.29) is 10.8 Å². The largest absolute Gasteiger partial charge is 0.245 e. The van der Waals surface area contributed by atoms with Crippen LogP contribution in [0.2, 0.25) is 5.02 Å². The number of benzene rings is 3. The molecule has 4 rings (SSSR count). The van der Waals surface area contributed by atoms with Crippen molar-refractivity contribution in [1.29, 1.82) is 0 Å². The first-order valence-corrected chi connectivity index (χ1v) is 11.9. The van der Waals surface area contributed by atoms with Gasteiger partial charge in [0.15, 0.2) is 0 Å². The highest BCUT2D eigenvalue weighted by Crippen LogP contribution is 2.31. The number of aromatic nitrogens is 2. The summed E-state index contributed by atoms with van der Waals surface area (Å²) in [5.74, 6) is 0.438. The lowest BCUT2D eigenvalue weighted by atomic mass is 9.80. The van der Waals surface area contributed by atoms with Crippen molar-refractivity contribution in [3.63, 3.8) is 0 Å². The molecule has 1 aromatic heterocycles. The van der Waals surface area contributed by atoms with Crippen LogP contribution in [0, 0.1) is 0 Å². The molecule has 0 fully saturated rings. The molecule has 0 spiro atoms. The van der Waals surface area contributed by atoms with E-state index in [1.165, 1.54) is 11.1 Å². The zero-order valence-corrected chi connectivity index (χ0v) is 21.4. The van der Waals surface area contributed by atoms with Gasteiger partial charge in [0.05, 0.1) is 17.4 Å². The van der Waals surface area contributed by atoms with Gasteiger partial charge in [-0.15, -0.1) is 0 Å². The highest BCUT2D eigenvalue weighted by Gasteiger charge is 2.20. The van der Waals surface area contributed by atoms with Crippen molar-refractivity contribution in [2.45, 2.75) is 52.4 Å². The molecule has 174 valence electrons. The van der Waals surface area contributed by atoms with Crippen LogP contribution in [0.4, 0.5) is 5.95 Å². The molecule has 0 aliphatic carbocycles. The predicted octanol–water partition coefficient (Wildman–Crippen LogP) is 7.99. The van der Waals surface area contributed by atoms with Crippen molar-refractivity contribution >= 4 is 34.7 Å². The van der Waals surface area contributed by atoms with Gasteiger partial charge >= 0.3 is 0 Å². The third kappa shape index (κ3) is 5.45. The van der Waals surface area contributed by atoms with Gasteiger partial charge in [-0.2, -0.15) is 5.10 Å². The molecule has 0 bridgehead atoms. The third-order valence-electron chi connectivity index (χ3n) is 5.77. The minimum Gasteiger partial charge on any atom is -0.245 e. The summed E-state index contributed by atoms with van der Waals surface area (Å²) in [5.41, 5.74) is 9.36. The highest BCUT2D eigenvalue weighted by molar-refractivity contribution is 6.31. The Morgan fingerprint density at radius 2 is 1.44 bits per heavy atom. The van der Waals surface area contributed by atoms with Gasteiger partial charge in [-0.25, -0.2) is 15.4 Å². The van der Waals surface area contributed by atoms with Crippen LogP contribution in [0.25, 0.3) is 22.2 Å². The molecule has 0 amide bonds. The summed E-state index contributed by atoms with van der Waals surface area (Å²) < 4.78 is 0. The second kappa shape index (κ2) is 9.19. The first-order valence-electron chi connectivity index (χ1n) is 11.5. The van der Waals surface area contributed by atoms with Gasteiger partial charge in [-0.05, 0) is 57.9 Å². The maximum absolute atomic E-state index is 6.26. The Kier molecular flexibility index (Phi) is 6.46. The van der Waals surface area contributed by atoms with Gasteiger partial charge < -0.3 is 0 Å². The van der Waals surface area contributed by atoms with Gasteiger partial charge in [0.1, 0.15) is 0 Å². The molecule has 5 heteroatoms. The van der Waals surface area contributed by atoms with Crippen LogP contribution in [-0.4, -0.2) is 16.2 Å². The molecule has 0 atom stereocenters. The van der Waals surface area contributed by atoms with Crippen LogP contribution in [0.5, 0.6) is 0 Å². The molecule has 0 unspecified atom stereocenters. The molecule has 0 saturated carbocycles. The van der Waals surface area contributed by atoms with E-state index in [0.29, 0.717) is 11.0 Å². The van der Waals surface area contributed by atoms with E-state index < -0.39 is 0 Å². The van der Waals surface area contributed by atoms with Crippen molar-refractivity contribution in [3.05, 3.63) is 88.4 Å². The number of hydrogen-bond acceptors (Lipinski definition) is 4. The maximum atomic E-state index is 6.26. The Balaban J connectivity index is 1.70. The second-order valence-electron chi connectivity index (χ2n) is 10.6. The number of hydrogen-bond donors (Lipinski definition) is 1. The number of nitrogens with zero attached hydrogens (tertiary/aromatic N) is 3. The molecule has 4 aromatic rings. The Labute approximate surface area is 207 Å². The first kappa shape index (κ1) is 23.9. The number of fused-ring (bicyclic) bond motifs is 1. The smallest absolute Gasteiger partial charge is 0.244 e. The van der Waals surface area contributed by atoms with Gasteiger partial charge in [0.25, 0.3) is 0 Å². The summed E-state index contributed by atoms with van der Waals surface area (Å²) in [5, 5.41) is 6.05. The summed E-state index contributed by atoms with van der Waals surface area (Å²) >= 11 is 6.26.